The summed E-state index contributed by atoms with van der Waals surface area (Å²) in [6.07, 6.45) is 3.79. The van der Waals surface area contributed by atoms with Gasteiger partial charge in [-0.2, -0.15) is 0 Å². The molecule has 0 aliphatic carbocycles. The smallest absolute Gasteiger partial charge is 0.227 e. The van der Waals surface area contributed by atoms with Crippen LogP contribution in [0, 0.1) is 12.8 Å². The number of nitrogens with one attached hydrogen (secondary N) is 1. The Bertz CT molecular complexity index is 395. The van der Waals surface area contributed by atoms with E-state index >= 15 is 0 Å². The van der Waals surface area contributed by atoms with Crippen molar-refractivity contribution in [1.82, 2.24) is 0 Å². The first-order chi connectivity index (χ1) is 8.58. The quantitative estimate of drug-likeness (QED) is 0.752. The topological polar surface area (TPSA) is 49.3 Å². The minimum Gasteiger partial charge on any atom is -0.506 e. The van der Waals surface area contributed by atoms with Crippen molar-refractivity contribution in [2.24, 2.45) is 5.92 Å². The van der Waals surface area contributed by atoms with E-state index in [1.807, 2.05) is 13.0 Å². The molecular formula is C15H23NO2. The zero-order valence-electron chi connectivity index (χ0n) is 11.5. The average molecular weight is 249 g/mol. The second kappa shape index (κ2) is 7.04. The van der Waals surface area contributed by atoms with E-state index in [4.69, 9.17) is 0 Å². The van der Waals surface area contributed by atoms with Crippen LogP contribution in [0.2, 0.25) is 0 Å². The van der Waals surface area contributed by atoms with Gasteiger partial charge >= 0.3 is 0 Å². The molecule has 0 radical (unpaired) electrons. The predicted molar refractivity (Wildman–Crippen MR) is 74.8 cm³/mol. The molecule has 1 aromatic carbocycles. The van der Waals surface area contributed by atoms with Crippen molar-refractivity contribution in [1.29, 1.82) is 0 Å². The largest absolute Gasteiger partial charge is 0.506 e. The van der Waals surface area contributed by atoms with Crippen LogP contribution in [0.3, 0.4) is 0 Å². The van der Waals surface area contributed by atoms with Crippen LogP contribution in [0.5, 0.6) is 5.75 Å². The van der Waals surface area contributed by atoms with E-state index in [2.05, 4.69) is 19.2 Å². The maximum Gasteiger partial charge on any atom is 0.227 e. The highest BCUT2D eigenvalue weighted by molar-refractivity contribution is 5.93. The Morgan fingerprint density at radius 1 is 1.28 bits per heavy atom. The van der Waals surface area contributed by atoms with Crippen LogP contribution in [0.15, 0.2) is 18.2 Å². The number of aromatic hydroxyl groups is 1. The molecule has 18 heavy (non-hydrogen) atoms. The van der Waals surface area contributed by atoms with Gasteiger partial charge in [0.2, 0.25) is 5.91 Å². The number of amides is 1. The van der Waals surface area contributed by atoms with Crippen molar-refractivity contribution >= 4 is 11.6 Å². The maximum atomic E-state index is 12.1. The number of carbonyl (C=O) groups excluding carboxylic acids is 1. The summed E-state index contributed by atoms with van der Waals surface area (Å²) in [6, 6.07) is 5.22. The zero-order chi connectivity index (χ0) is 13.5. The summed E-state index contributed by atoms with van der Waals surface area (Å²) in [5, 5.41) is 12.5. The first kappa shape index (κ1) is 14.6. The summed E-state index contributed by atoms with van der Waals surface area (Å²) in [7, 11) is 0. The van der Waals surface area contributed by atoms with E-state index in [1.165, 1.54) is 0 Å². The van der Waals surface area contributed by atoms with E-state index in [1.54, 1.807) is 12.1 Å². The lowest BCUT2D eigenvalue weighted by Crippen LogP contribution is -2.22. The van der Waals surface area contributed by atoms with Gasteiger partial charge in [0.25, 0.3) is 0 Å². The van der Waals surface area contributed by atoms with Gasteiger partial charge < -0.3 is 10.4 Å². The van der Waals surface area contributed by atoms with E-state index in [0.29, 0.717) is 5.69 Å². The minimum absolute atomic E-state index is 0.0135. The molecule has 0 spiro atoms. The average Bonchev–Trinajstić information content (AvgIpc) is 2.33. The second-order valence-corrected chi connectivity index (χ2v) is 4.78. The predicted octanol–water partition coefficient (Wildman–Crippen LogP) is 3.86. The molecule has 0 atom stereocenters. The van der Waals surface area contributed by atoms with Crippen LogP contribution in [-0.2, 0) is 4.79 Å². The fourth-order valence-corrected chi connectivity index (χ4v) is 2.09. The van der Waals surface area contributed by atoms with Crippen LogP contribution in [-0.4, -0.2) is 11.0 Å². The molecule has 100 valence electrons. The molecule has 0 aliphatic rings. The normalized spacial score (nSPS) is 10.7. The lowest BCUT2D eigenvalue weighted by Gasteiger charge is -2.16. The molecule has 0 fully saturated rings. The van der Waals surface area contributed by atoms with E-state index in [0.717, 1.165) is 31.2 Å². The summed E-state index contributed by atoms with van der Waals surface area (Å²) in [4.78, 5) is 12.1. The summed E-state index contributed by atoms with van der Waals surface area (Å²) in [6.45, 7) is 6.10. The zero-order valence-corrected chi connectivity index (χ0v) is 11.5. The Hall–Kier alpha value is -1.51. The molecule has 1 aromatic rings. The van der Waals surface area contributed by atoms with Crippen molar-refractivity contribution in [3.05, 3.63) is 23.8 Å². The number of anilines is 1. The van der Waals surface area contributed by atoms with Crippen LogP contribution >= 0.6 is 0 Å². The van der Waals surface area contributed by atoms with Crippen LogP contribution in [0.1, 0.15) is 45.1 Å². The van der Waals surface area contributed by atoms with Crippen molar-refractivity contribution in [2.75, 3.05) is 5.32 Å². The van der Waals surface area contributed by atoms with E-state index in [-0.39, 0.29) is 17.6 Å². The Labute approximate surface area is 109 Å². The van der Waals surface area contributed by atoms with Gasteiger partial charge in [-0.1, -0.05) is 32.8 Å². The Balaban J connectivity index is 2.75. The number of phenols is 1. The van der Waals surface area contributed by atoms with Gasteiger partial charge in [0.05, 0.1) is 5.69 Å². The molecule has 0 saturated carbocycles. The van der Waals surface area contributed by atoms with Crippen molar-refractivity contribution in [2.45, 2.75) is 46.5 Å². The molecule has 0 unspecified atom stereocenters. The molecule has 0 heterocycles. The Kier molecular flexibility index (Phi) is 5.69. The molecule has 3 nitrogen and oxygen atoms in total. The van der Waals surface area contributed by atoms with Crippen molar-refractivity contribution < 1.29 is 9.90 Å². The second-order valence-electron chi connectivity index (χ2n) is 4.78. The van der Waals surface area contributed by atoms with Gasteiger partial charge in [0.15, 0.2) is 0 Å². The van der Waals surface area contributed by atoms with Gasteiger partial charge in [-0.15, -0.1) is 0 Å². The number of hydrogen-bond acceptors (Lipinski definition) is 2. The molecule has 0 saturated heterocycles. The van der Waals surface area contributed by atoms with Gasteiger partial charge in [-0.3, -0.25) is 4.79 Å². The number of hydrogen-bond donors (Lipinski definition) is 2. The molecule has 1 rings (SSSR count). The third kappa shape index (κ3) is 4.06. The first-order valence-electron chi connectivity index (χ1n) is 6.69. The van der Waals surface area contributed by atoms with E-state index in [9.17, 15) is 9.90 Å². The number of phenolic OH excluding ortho intramolecular Hbond substituents is 1. The molecule has 0 aliphatic heterocycles. The van der Waals surface area contributed by atoms with Gasteiger partial charge in [0.1, 0.15) is 5.75 Å². The summed E-state index contributed by atoms with van der Waals surface area (Å²) >= 11 is 0. The first-order valence-corrected chi connectivity index (χ1v) is 6.69. The maximum absolute atomic E-state index is 12.1. The SMILES string of the molecule is CCCC(CCC)C(=O)Nc1cc(C)ccc1O. The minimum atomic E-state index is 0.0135. The third-order valence-electron chi connectivity index (χ3n) is 3.05. The van der Waals surface area contributed by atoms with Crippen molar-refractivity contribution in [3.63, 3.8) is 0 Å². The monoisotopic (exact) mass is 249 g/mol. The molecule has 0 bridgehead atoms. The summed E-state index contributed by atoms with van der Waals surface area (Å²) < 4.78 is 0. The molecule has 2 N–H and O–H groups in total. The number of carbonyl (C=O) groups is 1. The highest BCUT2D eigenvalue weighted by Gasteiger charge is 2.17. The van der Waals surface area contributed by atoms with Gasteiger partial charge in [-0.25, -0.2) is 0 Å². The highest BCUT2D eigenvalue weighted by atomic mass is 16.3. The summed E-state index contributed by atoms with van der Waals surface area (Å²) in [5.74, 6) is 0.181. The number of rotatable bonds is 6. The number of aryl methyl sites for hydroxylation is 1. The Morgan fingerprint density at radius 2 is 1.89 bits per heavy atom. The van der Waals surface area contributed by atoms with Gasteiger partial charge in [-0.05, 0) is 37.5 Å². The molecule has 3 heteroatoms. The van der Waals surface area contributed by atoms with Crippen LogP contribution < -0.4 is 5.32 Å². The number of benzene rings is 1. The fraction of sp³-hybridized carbons (Fsp3) is 0.533. The van der Waals surface area contributed by atoms with Crippen molar-refractivity contribution in [3.8, 4) is 5.75 Å². The molecule has 1 amide bonds. The lowest BCUT2D eigenvalue weighted by atomic mass is 9.97. The van der Waals surface area contributed by atoms with E-state index < -0.39 is 0 Å². The fourth-order valence-electron chi connectivity index (χ4n) is 2.09. The van der Waals surface area contributed by atoms with Crippen LogP contribution in [0.25, 0.3) is 0 Å². The standard InChI is InChI=1S/C15H23NO2/c1-4-6-12(7-5-2)15(18)16-13-10-11(3)8-9-14(13)17/h8-10,12,17H,4-7H2,1-3H3,(H,16,18). The van der Waals surface area contributed by atoms with Gasteiger partial charge in [0, 0.05) is 5.92 Å². The highest BCUT2D eigenvalue weighted by Crippen LogP contribution is 2.25. The molecular weight excluding hydrogens is 226 g/mol. The lowest BCUT2D eigenvalue weighted by molar-refractivity contribution is -0.120. The Morgan fingerprint density at radius 3 is 2.44 bits per heavy atom. The summed E-state index contributed by atoms with van der Waals surface area (Å²) in [5.41, 5.74) is 1.53. The third-order valence-corrected chi connectivity index (χ3v) is 3.05. The molecule has 0 aromatic heterocycles. The van der Waals surface area contributed by atoms with Crippen LogP contribution in [0.4, 0.5) is 5.69 Å².